The lowest BCUT2D eigenvalue weighted by Gasteiger charge is -2.34. The van der Waals surface area contributed by atoms with E-state index >= 15 is 0 Å². The fourth-order valence-electron chi connectivity index (χ4n) is 2.84. The summed E-state index contributed by atoms with van der Waals surface area (Å²) in [6, 6.07) is 5.80. The van der Waals surface area contributed by atoms with Crippen LogP contribution in [0, 0.1) is 0 Å². The van der Waals surface area contributed by atoms with Crippen molar-refractivity contribution < 1.29 is 4.79 Å². The quantitative estimate of drug-likeness (QED) is 0.771. The van der Waals surface area contributed by atoms with Crippen LogP contribution in [0.2, 0.25) is 0 Å². The van der Waals surface area contributed by atoms with Crippen molar-refractivity contribution >= 4 is 11.9 Å². The SMILES string of the molecule is CN(CCc1ccncc1)C(=O)CN1CCN(c2ncccn2)CC1. The zero-order valence-electron chi connectivity index (χ0n) is 14.6. The zero-order valence-corrected chi connectivity index (χ0v) is 14.6. The minimum atomic E-state index is 0.165. The summed E-state index contributed by atoms with van der Waals surface area (Å²) < 4.78 is 0. The van der Waals surface area contributed by atoms with Crippen molar-refractivity contribution in [2.45, 2.75) is 6.42 Å². The molecule has 3 heterocycles. The average Bonchev–Trinajstić information content (AvgIpc) is 2.68. The third kappa shape index (κ3) is 4.96. The van der Waals surface area contributed by atoms with Crippen molar-refractivity contribution in [3.05, 3.63) is 48.5 Å². The van der Waals surface area contributed by atoms with E-state index in [2.05, 4.69) is 24.8 Å². The number of anilines is 1. The molecule has 1 amide bonds. The first-order valence-corrected chi connectivity index (χ1v) is 8.59. The maximum absolute atomic E-state index is 12.4. The smallest absolute Gasteiger partial charge is 0.236 e. The van der Waals surface area contributed by atoms with Crippen LogP contribution in [-0.4, -0.2) is 77.0 Å². The van der Waals surface area contributed by atoms with E-state index < -0.39 is 0 Å². The number of aromatic nitrogens is 3. The van der Waals surface area contributed by atoms with Gasteiger partial charge in [-0.2, -0.15) is 0 Å². The van der Waals surface area contributed by atoms with Crippen LogP contribution in [0.5, 0.6) is 0 Å². The summed E-state index contributed by atoms with van der Waals surface area (Å²) in [5.41, 5.74) is 1.20. The van der Waals surface area contributed by atoms with E-state index in [4.69, 9.17) is 0 Å². The predicted octanol–water partition coefficient (Wildman–Crippen LogP) is 0.695. The first-order chi connectivity index (χ1) is 12.2. The van der Waals surface area contributed by atoms with Crippen LogP contribution in [0.15, 0.2) is 43.0 Å². The second-order valence-electron chi connectivity index (χ2n) is 6.23. The first-order valence-electron chi connectivity index (χ1n) is 8.59. The third-order valence-corrected chi connectivity index (χ3v) is 4.48. The largest absolute Gasteiger partial charge is 0.344 e. The van der Waals surface area contributed by atoms with Crippen molar-refractivity contribution in [1.82, 2.24) is 24.8 Å². The summed E-state index contributed by atoms with van der Waals surface area (Å²) in [5, 5.41) is 0. The molecule has 0 saturated carbocycles. The Hall–Kier alpha value is -2.54. The molecule has 0 aliphatic carbocycles. The maximum Gasteiger partial charge on any atom is 0.236 e. The lowest BCUT2D eigenvalue weighted by molar-refractivity contribution is -0.131. The Morgan fingerprint density at radius 1 is 1.08 bits per heavy atom. The van der Waals surface area contributed by atoms with Gasteiger partial charge in [-0.25, -0.2) is 9.97 Å². The Morgan fingerprint density at radius 3 is 2.44 bits per heavy atom. The van der Waals surface area contributed by atoms with Crippen LogP contribution >= 0.6 is 0 Å². The highest BCUT2D eigenvalue weighted by molar-refractivity contribution is 5.78. The molecule has 0 unspecified atom stereocenters. The Kier molecular flexibility index (Phi) is 5.90. The summed E-state index contributed by atoms with van der Waals surface area (Å²) >= 11 is 0. The van der Waals surface area contributed by atoms with E-state index in [1.54, 1.807) is 24.8 Å². The molecule has 0 spiro atoms. The monoisotopic (exact) mass is 340 g/mol. The molecule has 1 aliphatic heterocycles. The number of rotatable bonds is 6. The predicted molar refractivity (Wildman–Crippen MR) is 96.3 cm³/mol. The number of piperazine rings is 1. The van der Waals surface area contributed by atoms with E-state index in [0.29, 0.717) is 6.54 Å². The number of carbonyl (C=O) groups excluding carboxylic acids is 1. The molecule has 25 heavy (non-hydrogen) atoms. The van der Waals surface area contributed by atoms with E-state index in [9.17, 15) is 4.79 Å². The molecule has 0 bridgehead atoms. The van der Waals surface area contributed by atoms with Crippen LogP contribution in [-0.2, 0) is 11.2 Å². The van der Waals surface area contributed by atoms with Crippen molar-refractivity contribution in [2.75, 3.05) is 51.2 Å². The number of hydrogen-bond acceptors (Lipinski definition) is 6. The molecule has 0 N–H and O–H groups in total. The number of likely N-dealkylation sites (N-methyl/N-ethyl adjacent to an activating group) is 1. The van der Waals surface area contributed by atoms with Crippen LogP contribution in [0.3, 0.4) is 0 Å². The fraction of sp³-hybridized carbons (Fsp3) is 0.444. The molecule has 0 radical (unpaired) electrons. The van der Waals surface area contributed by atoms with Gasteiger partial charge in [-0.15, -0.1) is 0 Å². The number of nitrogens with zero attached hydrogens (tertiary/aromatic N) is 6. The minimum absolute atomic E-state index is 0.165. The first kappa shape index (κ1) is 17.3. The molecule has 0 aromatic carbocycles. The normalized spacial score (nSPS) is 15.2. The lowest BCUT2D eigenvalue weighted by atomic mass is 10.2. The number of amides is 1. The molecule has 2 aromatic heterocycles. The molecule has 1 saturated heterocycles. The van der Waals surface area contributed by atoms with Gasteiger partial charge < -0.3 is 9.80 Å². The summed E-state index contributed by atoms with van der Waals surface area (Å²) in [4.78, 5) is 31.2. The van der Waals surface area contributed by atoms with E-state index in [1.165, 1.54) is 5.56 Å². The van der Waals surface area contributed by atoms with Gasteiger partial charge in [-0.05, 0) is 30.2 Å². The number of carbonyl (C=O) groups is 1. The fourth-order valence-corrected chi connectivity index (χ4v) is 2.84. The molecule has 1 aliphatic rings. The van der Waals surface area contributed by atoms with Crippen molar-refractivity contribution in [3.8, 4) is 0 Å². The van der Waals surface area contributed by atoms with Crippen LogP contribution in [0.25, 0.3) is 0 Å². The number of pyridine rings is 1. The second kappa shape index (κ2) is 8.53. The van der Waals surface area contributed by atoms with Gasteiger partial charge in [0.25, 0.3) is 0 Å². The molecular formula is C18H24N6O. The molecule has 3 rings (SSSR count). The summed E-state index contributed by atoms with van der Waals surface area (Å²) in [5.74, 6) is 0.932. The molecule has 7 nitrogen and oxygen atoms in total. The van der Waals surface area contributed by atoms with Crippen LogP contribution < -0.4 is 4.90 Å². The van der Waals surface area contributed by atoms with Gasteiger partial charge in [0.2, 0.25) is 11.9 Å². The summed E-state index contributed by atoms with van der Waals surface area (Å²) in [7, 11) is 1.87. The van der Waals surface area contributed by atoms with Crippen molar-refractivity contribution in [3.63, 3.8) is 0 Å². The van der Waals surface area contributed by atoms with E-state index in [0.717, 1.165) is 45.1 Å². The standard InChI is InChI=1S/C18H24N6O/c1-22(10-5-16-3-8-19-9-4-16)17(25)15-23-11-13-24(14-12-23)18-20-6-2-7-21-18/h2-4,6-9H,5,10-15H2,1H3. The second-order valence-corrected chi connectivity index (χ2v) is 6.23. The van der Waals surface area contributed by atoms with Crippen LogP contribution in [0.1, 0.15) is 5.56 Å². The lowest BCUT2D eigenvalue weighted by Crippen LogP contribution is -2.50. The highest BCUT2D eigenvalue weighted by Gasteiger charge is 2.21. The van der Waals surface area contributed by atoms with Gasteiger partial charge in [0.15, 0.2) is 0 Å². The minimum Gasteiger partial charge on any atom is -0.344 e. The zero-order chi connectivity index (χ0) is 17.5. The molecule has 1 fully saturated rings. The van der Waals surface area contributed by atoms with Gasteiger partial charge in [-0.3, -0.25) is 14.7 Å². The molecule has 7 heteroatoms. The third-order valence-electron chi connectivity index (χ3n) is 4.48. The summed E-state index contributed by atoms with van der Waals surface area (Å²) in [6.45, 7) is 4.58. The Balaban J connectivity index is 1.41. The molecular weight excluding hydrogens is 316 g/mol. The van der Waals surface area contributed by atoms with E-state index in [-0.39, 0.29) is 5.91 Å². The van der Waals surface area contributed by atoms with Gasteiger partial charge in [0, 0.05) is 64.6 Å². The molecule has 2 aromatic rings. The Morgan fingerprint density at radius 2 is 1.76 bits per heavy atom. The van der Waals surface area contributed by atoms with E-state index in [1.807, 2.05) is 30.1 Å². The van der Waals surface area contributed by atoms with Crippen molar-refractivity contribution in [1.29, 1.82) is 0 Å². The van der Waals surface area contributed by atoms with Crippen molar-refractivity contribution in [2.24, 2.45) is 0 Å². The van der Waals surface area contributed by atoms with Gasteiger partial charge in [0.1, 0.15) is 0 Å². The highest BCUT2D eigenvalue weighted by Crippen LogP contribution is 2.09. The maximum atomic E-state index is 12.4. The number of hydrogen-bond donors (Lipinski definition) is 0. The van der Waals surface area contributed by atoms with Gasteiger partial charge >= 0.3 is 0 Å². The highest BCUT2D eigenvalue weighted by atomic mass is 16.2. The Bertz CT molecular complexity index is 658. The molecule has 0 atom stereocenters. The van der Waals surface area contributed by atoms with Gasteiger partial charge in [0.05, 0.1) is 6.54 Å². The van der Waals surface area contributed by atoms with Gasteiger partial charge in [-0.1, -0.05) is 0 Å². The topological polar surface area (TPSA) is 65.5 Å². The summed E-state index contributed by atoms with van der Waals surface area (Å²) in [6.07, 6.45) is 7.94. The van der Waals surface area contributed by atoms with Crippen LogP contribution in [0.4, 0.5) is 5.95 Å². The Labute approximate surface area is 148 Å². The molecule has 132 valence electrons. The average molecular weight is 340 g/mol.